The lowest BCUT2D eigenvalue weighted by atomic mass is 9.93. The molecule has 0 radical (unpaired) electrons. The molecule has 1 atom stereocenters. The summed E-state index contributed by atoms with van der Waals surface area (Å²) in [6.07, 6.45) is 6.23. The second kappa shape index (κ2) is 5.76. The fraction of sp³-hybridized carbons (Fsp3) is 0.583. The maximum Gasteiger partial charge on any atom is 0.0807 e. The number of hydrogen-bond acceptors (Lipinski definition) is 2. The minimum atomic E-state index is -0.353. The smallest absolute Gasteiger partial charge is 0.0807 e. The molecular formula is C12H19NO. The molecule has 0 aliphatic heterocycles. The van der Waals surface area contributed by atoms with Crippen molar-refractivity contribution < 1.29 is 5.11 Å². The molecule has 78 valence electrons. The molecule has 0 amide bonds. The molecule has 0 saturated heterocycles. The summed E-state index contributed by atoms with van der Waals surface area (Å²) >= 11 is 0. The number of aliphatic hydroxyl groups is 1. The predicted molar refractivity (Wildman–Crippen MR) is 57.9 cm³/mol. The minimum absolute atomic E-state index is 0.353. The van der Waals surface area contributed by atoms with Gasteiger partial charge in [-0.1, -0.05) is 32.8 Å². The zero-order chi connectivity index (χ0) is 10.4. The highest BCUT2D eigenvalue weighted by Crippen LogP contribution is 2.24. The molecule has 0 aromatic carbocycles. The molecule has 0 aliphatic rings. The number of pyridine rings is 1. The Labute approximate surface area is 86.0 Å². The molecule has 0 saturated carbocycles. The number of aliphatic hydroxyl groups excluding tert-OH is 1. The van der Waals surface area contributed by atoms with Crippen LogP contribution in [-0.4, -0.2) is 10.1 Å². The van der Waals surface area contributed by atoms with E-state index < -0.39 is 0 Å². The molecule has 1 aromatic heterocycles. The first kappa shape index (κ1) is 11.2. The standard InChI is InChI=1S/C12H19NO/c1-3-10(4-2)8-12(14)11-6-5-7-13-9-11/h5-7,9-10,12,14H,3-4,8H2,1-2H3. The Hall–Kier alpha value is -0.890. The molecular weight excluding hydrogens is 174 g/mol. The van der Waals surface area contributed by atoms with Gasteiger partial charge < -0.3 is 5.11 Å². The molecule has 2 nitrogen and oxygen atoms in total. The van der Waals surface area contributed by atoms with Gasteiger partial charge in [0, 0.05) is 12.4 Å². The Morgan fingerprint density at radius 1 is 1.36 bits per heavy atom. The van der Waals surface area contributed by atoms with Crippen LogP contribution in [-0.2, 0) is 0 Å². The van der Waals surface area contributed by atoms with Gasteiger partial charge in [0.05, 0.1) is 6.10 Å². The van der Waals surface area contributed by atoms with Gasteiger partial charge in [-0.05, 0) is 24.0 Å². The highest BCUT2D eigenvalue weighted by Gasteiger charge is 2.12. The van der Waals surface area contributed by atoms with Gasteiger partial charge in [-0.2, -0.15) is 0 Å². The van der Waals surface area contributed by atoms with E-state index in [1.54, 1.807) is 12.4 Å². The van der Waals surface area contributed by atoms with Gasteiger partial charge in [-0.15, -0.1) is 0 Å². The number of hydrogen-bond donors (Lipinski definition) is 1. The van der Waals surface area contributed by atoms with Crippen molar-refractivity contribution in [2.24, 2.45) is 5.92 Å². The van der Waals surface area contributed by atoms with Crippen LogP contribution in [0.2, 0.25) is 0 Å². The maximum absolute atomic E-state index is 9.91. The topological polar surface area (TPSA) is 33.1 Å². The monoisotopic (exact) mass is 193 g/mol. The van der Waals surface area contributed by atoms with Crippen molar-refractivity contribution in [1.29, 1.82) is 0 Å². The van der Waals surface area contributed by atoms with Gasteiger partial charge in [-0.25, -0.2) is 0 Å². The Morgan fingerprint density at radius 3 is 2.57 bits per heavy atom. The zero-order valence-corrected chi connectivity index (χ0v) is 8.98. The Balaban J connectivity index is 2.54. The quantitative estimate of drug-likeness (QED) is 0.780. The summed E-state index contributed by atoms with van der Waals surface area (Å²) in [5.74, 6) is 0.616. The highest BCUT2D eigenvalue weighted by atomic mass is 16.3. The molecule has 2 heteroatoms. The van der Waals surface area contributed by atoms with Gasteiger partial charge in [-0.3, -0.25) is 4.98 Å². The fourth-order valence-corrected chi connectivity index (χ4v) is 1.65. The van der Waals surface area contributed by atoms with Crippen LogP contribution < -0.4 is 0 Å². The number of rotatable bonds is 5. The molecule has 1 heterocycles. The highest BCUT2D eigenvalue weighted by molar-refractivity contribution is 5.11. The molecule has 14 heavy (non-hydrogen) atoms. The van der Waals surface area contributed by atoms with E-state index in [1.807, 2.05) is 12.1 Å². The van der Waals surface area contributed by atoms with E-state index in [1.165, 1.54) is 0 Å². The zero-order valence-electron chi connectivity index (χ0n) is 8.98. The van der Waals surface area contributed by atoms with E-state index in [-0.39, 0.29) is 6.10 Å². The SMILES string of the molecule is CCC(CC)CC(O)c1cccnc1. The van der Waals surface area contributed by atoms with E-state index in [2.05, 4.69) is 18.8 Å². The van der Waals surface area contributed by atoms with Crippen molar-refractivity contribution in [2.75, 3.05) is 0 Å². The third kappa shape index (κ3) is 3.11. The average molecular weight is 193 g/mol. The summed E-state index contributed by atoms with van der Waals surface area (Å²) in [5, 5.41) is 9.91. The summed E-state index contributed by atoms with van der Waals surface area (Å²) in [4.78, 5) is 4.00. The van der Waals surface area contributed by atoms with Gasteiger partial charge in [0.15, 0.2) is 0 Å². The lowest BCUT2D eigenvalue weighted by Crippen LogP contribution is -2.06. The summed E-state index contributed by atoms with van der Waals surface area (Å²) < 4.78 is 0. The van der Waals surface area contributed by atoms with Crippen LogP contribution in [0.3, 0.4) is 0 Å². The van der Waals surface area contributed by atoms with Crippen molar-refractivity contribution in [3.63, 3.8) is 0 Å². The molecule has 0 fully saturated rings. The van der Waals surface area contributed by atoms with Crippen molar-refractivity contribution in [3.8, 4) is 0 Å². The van der Waals surface area contributed by atoms with Gasteiger partial charge >= 0.3 is 0 Å². The molecule has 1 rings (SSSR count). The Kier molecular flexibility index (Phi) is 4.60. The van der Waals surface area contributed by atoms with E-state index in [4.69, 9.17) is 0 Å². The molecule has 0 spiro atoms. The second-order valence-electron chi connectivity index (χ2n) is 3.72. The third-order valence-electron chi connectivity index (χ3n) is 2.78. The van der Waals surface area contributed by atoms with E-state index >= 15 is 0 Å². The third-order valence-corrected chi connectivity index (χ3v) is 2.78. The first-order valence-corrected chi connectivity index (χ1v) is 5.35. The molecule has 1 N–H and O–H groups in total. The predicted octanol–water partition coefficient (Wildman–Crippen LogP) is 2.94. The fourth-order valence-electron chi connectivity index (χ4n) is 1.65. The molecule has 1 unspecified atom stereocenters. The van der Waals surface area contributed by atoms with Crippen LogP contribution in [0.15, 0.2) is 24.5 Å². The average Bonchev–Trinajstić information content (AvgIpc) is 2.26. The minimum Gasteiger partial charge on any atom is -0.388 e. The van der Waals surface area contributed by atoms with E-state index in [0.29, 0.717) is 5.92 Å². The summed E-state index contributed by atoms with van der Waals surface area (Å²) in [6, 6.07) is 3.80. The summed E-state index contributed by atoms with van der Waals surface area (Å²) in [7, 11) is 0. The first-order valence-electron chi connectivity index (χ1n) is 5.35. The first-order chi connectivity index (χ1) is 6.77. The van der Waals surface area contributed by atoms with Crippen molar-refractivity contribution in [1.82, 2.24) is 4.98 Å². The van der Waals surface area contributed by atoms with Gasteiger partial charge in [0.2, 0.25) is 0 Å². The van der Waals surface area contributed by atoms with Crippen LogP contribution in [0, 0.1) is 5.92 Å². The van der Waals surface area contributed by atoms with Gasteiger partial charge in [0.25, 0.3) is 0 Å². The van der Waals surface area contributed by atoms with Crippen LogP contribution in [0.5, 0.6) is 0 Å². The van der Waals surface area contributed by atoms with Crippen LogP contribution in [0.25, 0.3) is 0 Å². The largest absolute Gasteiger partial charge is 0.388 e. The van der Waals surface area contributed by atoms with Crippen LogP contribution >= 0.6 is 0 Å². The van der Waals surface area contributed by atoms with E-state index in [9.17, 15) is 5.11 Å². The lowest BCUT2D eigenvalue weighted by molar-refractivity contribution is 0.141. The van der Waals surface area contributed by atoms with Crippen LogP contribution in [0.4, 0.5) is 0 Å². The molecule has 0 bridgehead atoms. The number of nitrogens with zero attached hydrogens (tertiary/aromatic N) is 1. The Morgan fingerprint density at radius 2 is 2.07 bits per heavy atom. The van der Waals surface area contributed by atoms with E-state index in [0.717, 1.165) is 24.8 Å². The van der Waals surface area contributed by atoms with Crippen molar-refractivity contribution in [2.45, 2.75) is 39.2 Å². The Bertz CT molecular complexity index is 244. The van der Waals surface area contributed by atoms with Crippen LogP contribution in [0.1, 0.15) is 44.8 Å². The van der Waals surface area contributed by atoms with Crippen molar-refractivity contribution >= 4 is 0 Å². The summed E-state index contributed by atoms with van der Waals surface area (Å²) in [6.45, 7) is 4.34. The van der Waals surface area contributed by atoms with Crippen molar-refractivity contribution in [3.05, 3.63) is 30.1 Å². The second-order valence-corrected chi connectivity index (χ2v) is 3.72. The normalized spacial score (nSPS) is 13.1. The molecule has 1 aromatic rings. The van der Waals surface area contributed by atoms with Gasteiger partial charge in [0.1, 0.15) is 0 Å². The maximum atomic E-state index is 9.91. The lowest BCUT2D eigenvalue weighted by Gasteiger charge is -2.17. The summed E-state index contributed by atoms with van der Waals surface area (Å²) in [5.41, 5.74) is 0.930. The number of aromatic nitrogens is 1. The molecule has 0 aliphatic carbocycles.